The maximum Gasteiger partial charge on any atom is 0.234 e. The lowest BCUT2D eigenvalue weighted by Gasteiger charge is -2.40. The van der Waals surface area contributed by atoms with Crippen LogP contribution >= 0.6 is 14.6 Å². The van der Waals surface area contributed by atoms with Crippen molar-refractivity contribution in [3.63, 3.8) is 0 Å². The molecule has 13 aromatic rings. The number of hydrogen-bond donors (Lipinski definition) is 0. The van der Waals surface area contributed by atoms with Crippen LogP contribution in [0.25, 0.3) is 88.7 Å². The van der Waals surface area contributed by atoms with E-state index in [0.29, 0.717) is 0 Å². The van der Waals surface area contributed by atoms with E-state index in [4.69, 9.17) is 4.42 Å². The number of furan rings is 1. The normalized spacial score (nSPS) is 17.1. The van der Waals surface area contributed by atoms with Gasteiger partial charge in [0.25, 0.3) is 0 Å². The zero-order chi connectivity index (χ0) is 54.9. The topological polar surface area (TPSA) is 53.8 Å². The number of rotatable bonds is 7. The predicted octanol–water partition coefficient (Wildman–Crippen LogP) is 19.0. The zero-order valence-electron chi connectivity index (χ0n) is 45.1. The minimum absolute atomic E-state index is 0.0933. The Balaban J connectivity index is 0.778. The number of para-hydroxylation sites is 3. The van der Waals surface area contributed by atoms with E-state index in [2.05, 4.69) is 199 Å². The second kappa shape index (κ2) is 18.3. The quantitative estimate of drug-likeness (QED) is 0.149. The monoisotopic (exact) mass is 1090 g/mol. The van der Waals surface area contributed by atoms with Crippen LogP contribution in [0.1, 0.15) is 25.0 Å². The summed E-state index contributed by atoms with van der Waals surface area (Å²) in [7, 11) is -7.17. The third kappa shape index (κ3) is 7.13. The Bertz CT molecular complexity index is 4870. The largest absolute Gasteiger partial charge is 0.456 e. The molecule has 0 saturated heterocycles. The minimum atomic E-state index is -3.60. The van der Waals surface area contributed by atoms with Gasteiger partial charge >= 0.3 is 0 Å². The highest BCUT2D eigenvalue weighted by molar-refractivity contribution is 7.81. The first-order valence-electron chi connectivity index (χ1n) is 27.9. The molecule has 82 heavy (non-hydrogen) atoms. The predicted molar refractivity (Wildman–Crippen MR) is 342 cm³/mol. The van der Waals surface area contributed by atoms with E-state index < -0.39 is 14.6 Å². The second-order valence-corrected chi connectivity index (χ2v) is 27.4. The number of nitrogens with zero attached hydrogens (tertiary/aromatic N) is 2. The van der Waals surface area contributed by atoms with Crippen LogP contribution in [-0.4, -0.2) is 0 Å². The Hall–Kier alpha value is -9.50. The van der Waals surface area contributed by atoms with E-state index in [9.17, 15) is 0 Å². The molecule has 3 aliphatic rings. The molecule has 0 saturated carbocycles. The number of benzene rings is 12. The SMILES string of the molecule is CC1(C)c2ccccc2-c2ccc(-c3cccc(-c4ccc5c(c4)-c4ccccc4P(=O)(c4ccc(-c6ccc7c(c6)-c6ccccc6N(c6ccc8oc9ccccc9c8c6)P7(=O)c6ccccc6)cc4)N5c4ccccc4)c3)cc21. The van der Waals surface area contributed by atoms with E-state index in [1.54, 1.807) is 0 Å². The van der Waals surface area contributed by atoms with E-state index in [1.165, 1.54) is 27.8 Å². The Morgan fingerprint density at radius 3 is 1.66 bits per heavy atom. The summed E-state index contributed by atoms with van der Waals surface area (Å²) in [5.74, 6) is 0. The molecule has 5 nitrogen and oxygen atoms in total. The van der Waals surface area contributed by atoms with Crippen LogP contribution in [0.2, 0.25) is 0 Å². The zero-order valence-corrected chi connectivity index (χ0v) is 46.9. The Morgan fingerprint density at radius 1 is 0.317 bits per heavy atom. The summed E-state index contributed by atoms with van der Waals surface area (Å²) in [6.07, 6.45) is 0. The van der Waals surface area contributed by atoms with Gasteiger partial charge < -0.3 is 4.42 Å². The Morgan fingerprint density at radius 2 is 0.854 bits per heavy atom. The summed E-state index contributed by atoms with van der Waals surface area (Å²) in [5.41, 5.74) is 20.7. The van der Waals surface area contributed by atoms with Gasteiger partial charge in [-0.3, -0.25) is 18.5 Å². The minimum Gasteiger partial charge on any atom is -0.456 e. The average Bonchev–Trinajstić information content (AvgIpc) is 3.80. The van der Waals surface area contributed by atoms with Gasteiger partial charge in [0.2, 0.25) is 14.6 Å². The smallest absolute Gasteiger partial charge is 0.234 e. The molecule has 12 aromatic carbocycles. The van der Waals surface area contributed by atoms with Gasteiger partial charge in [-0.25, -0.2) is 0 Å². The average molecular weight is 1090 g/mol. The van der Waals surface area contributed by atoms with Gasteiger partial charge in [-0.05, 0) is 176 Å². The van der Waals surface area contributed by atoms with Crippen molar-refractivity contribution >= 4 is 80.5 Å². The summed E-state index contributed by atoms with van der Waals surface area (Å²) in [5, 5.41) is 5.01. The van der Waals surface area contributed by atoms with Crippen molar-refractivity contribution in [2.45, 2.75) is 19.3 Å². The Kier molecular flexibility index (Phi) is 10.8. The van der Waals surface area contributed by atoms with Gasteiger partial charge in [-0.2, -0.15) is 0 Å². The first-order valence-corrected chi connectivity index (χ1v) is 31.3. The molecule has 2 unspecified atom stereocenters. The highest BCUT2D eigenvalue weighted by Gasteiger charge is 2.45. The van der Waals surface area contributed by atoms with Gasteiger partial charge in [-0.1, -0.05) is 184 Å². The summed E-state index contributed by atoms with van der Waals surface area (Å²) < 4.78 is 43.9. The standard InChI is InChI=1S/C75H52N2O3P2/c1-75(2)67-28-13-9-24-59(67)60-40-34-54(47-68(60)75)51-19-17-18-50(44-51)53-35-41-70-64(45-53)63-27-12-16-31-73(63)82(79,76(70)55-20-5-3-6-21-55)58-38-32-49(33-39-58)52-36-43-74-66(46-52)61-25-10-14-29-69(61)77(81(74,78)57-22-7-4-8-23-57)56-37-42-72-65(48-56)62-26-11-15-30-71(62)80-72/h3-48H,1-2H3. The lowest BCUT2D eigenvalue weighted by Crippen LogP contribution is -2.33. The first kappa shape index (κ1) is 48.4. The lowest BCUT2D eigenvalue weighted by molar-refractivity contribution is 0.586. The number of anilines is 4. The highest BCUT2D eigenvalue weighted by Crippen LogP contribution is 2.63. The molecule has 0 fully saturated rings. The molecule has 0 amide bonds. The van der Waals surface area contributed by atoms with Crippen LogP contribution in [0, 0.1) is 0 Å². The fraction of sp³-hybridized carbons (Fsp3) is 0.0400. The van der Waals surface area contributed by atoms with Crippen molar-refractivity contribution in [3.05, 3.63) is 290 Å². The number of fused-ring (bicyclic) bond motifs is 12. The molecule has 0 bridgehead atoms. The molecule has 0 radical (unpaired) electrons. The molecule has 2 aliphatic heterocycles. The van der Waals surface area contributed by atoms with E-state index in [-0.39, 0.29) is 5.41 Å². The van der Waals surface area contributed by atoms with Gasteiger partial charge in [0, 0.05) is 59.9 Å². The molecular formula is C75H52N2O3P2. The van der Waals surface area contributed by atoms with Crippen LogP contribution in [0.15, 0.2) is 283 Å². The van der Waals surface area contributed by atoms with Crippen LogP contribution in [0.4, 0.5) is 22.7 Å². The van der Waals surface area contributed by atoms with Crippen molar-refractivity contribution in [3.8, 4) is 66.8 Å². The molecule has 390 valence electrons. The second-order valence-electron chi connectivity index (χ2n) is 22.3. The third-order valence-electron chi connectivity index (χ3n) is 17.4. The van der Waals surface area contributed by atoms with Crippen LogP contribution in [0.3, 0.4) is 0 Å². The van der Waals surface area contributed by atoms with Crippen LogP contribution < -0.4 is 30.6 Å². The van der Waals surface area contributed by atoms with Crippen molar-refractivity contribution in [1.29, 1.82) is 0 Å². The van der Waals surface area contributed by atoms with Gasteiger partial charge in [0.1, 0.15) is 11.2 Å². The lowest BCUT2D eigenvalue weighted by atomic mass is 9.81. The summed E-state index contributed by atoms with van der Waals surface area (Å²) in [4.78, 5) is 0. The van der Waals surface area contributed by atoms with Crippen molar-refractivity contribution in [2.75, 3.05) is 9.34 Å². The summed E-state index contributed by atoms with van der Waals surface area (Å²) in [6.45, 7) is 4.66. The maximum absolute atomic E-state index is 16.8. The Labute approximate surface area is 476 Å². The van der Waals surface area contributed by atoms with E-state index in [1.807, 2.05) is 103 Å². The van der Waals surface area contributed by atoms with Crippen molar-refractivity contribution < 1.29 is 13.5 Å². The highest BCUT2D eigenvalue weighted by atomic mass is 31.2. The van der Waals surface area contributed by atoms with Crippen LogP contribution in [-0.2, 0) is 14.5 Å². The summed E-state index contributed by atoms with van der Waals surface area (Å²) in [6, 6.07) is 96.6. The molecule has 1 aromatic heterocycles. The molecule has 0 spiro atoms. The summed E-state index contributed by atoms with van der Waals surface area (Å²) >= 11 is 0. The fourth-order valence-corrected chi connectivity index (χ4v) is 19.5. The van der Waals surface area contributed by atoms with Gasteiger partial charge in [0.15, 0.2) is 0 Å². The molecule has 1 aliphatic carbocycles. The van der Waals surface area contributed by atoms with E-state index in [0.717, 1.165) is 116 Å². The first-order chi connectivity index (χ1) is 40.2. The van der Waals surface area contributed by atoms with Crippen LogP contribution in [0.5, 0.6) is 0 Å². The molecule has 7 heteroatoms. The molecule has 16 rings (SSSR count). The van der Waals surface area contributed by atoms with Gasteiger partial charge in [-0.15, -0.1) is 0 Å². The molecular weight excluding hydrogens is 1040 g/mol. The fourth-order valence-electron chi connectivity index (χ4n) is 13.5. The van der Waals surface area contributed by atoms with Gasteiger partial charge in [0.05, 0.1) is 11.4 Å². The van der Waals surface area contributed by atoms with E-state index >= 15 is 9.13 Å². The molecule has 0 N–H and O–H groups in total. The molecule has 3 heterocycles. The van der Waals surface area contributed by atoms with Crippen molar-refractivity contribution in [1.82, 2.24) is 0 Å². The number of hydrogen-bond acceptors (Lipinski definition) is 3. The molecule has 2 atom stereocenters. The third-order valence-corrected chi connectivity index (χ3v) is 23.5. The van der Waals surface area contributed by atoms with Crippen molar-refractivity contribution in [2.24, 2.45) is 0 Å². The maximum atomic E-state index is 16.8.